The van der Waals surface area contributed by atoms with Crippen LogP contribution in [0.4, 0.5) is 5.69 Å². The van der Waals surface area contributed by atoms with Crippen molar-refractivity contribution in [2.24, 2.45) is 0 Å². The van der Waals surface area contributed by atoms with Crippen molar-refractivity contribution in [1.82, 2.24) is 0 Å². The van der Waals surface area contributed by atoms with Gasteiger partial charge in [-0.2, -0.15) is 0 Å². The van der Waals surface area contributed by atoms with Gasteiger partial charge in [-0.15, -0.1) is 0 Å². The van der Waals surface area contributed by atoms with Crippen LogP contribution in [-0.2, 0) is 21.6 Å². The highest BCUT2D eigenvalue weighted by atomic mass is 16.5. The number of likely N-dealkylation sites (N-methyl/N-ethyl adjacent to an activating group) is 1. The Bertz CT molecular complexity index is 801. The van der Waals surface area contributed by atoms with E-state index >= 15 is 0 Å². The minimum Gasteiger partial charge on any atom is -0.497 e. The molecule has 2 aliphatic rings. The molecule has 4 rings (SSSR count). The normalized spacial score (nSPS) is 25.4. The largest absolute Gasteiger partial charge is 0.497 e. The maximum atomic E-state index is 13.2. The van der Waals surface area contributed by atoms with Crippen LogP contribution in [0, 0.1) is 0 Å². The van der Waals surface area contributed by atoms with E-state index in [9.17, 15) is 4.79 Å². The zero-order chi connectivity index (χ0) is 16.2. The Kier molecular flexibility index (Phi) is 3.00. The second-order valence-electron chi connectivity index (χ2n) is 6.22. The van der Waals surface area contributed by atoms with Crippen LogP contribution in [0.3, 0.4) is 0 Å². The third-order valence-electron chi connectivity index (χ3n) is 4.83. The Morgan fingerprint density at radius 3 is 2.78 bits per heavy atom. The van der Waals surface area contributed by atoms with Crippen LogP contribution in [0.1, 0.15) is 23.6 Å². The lowest BCUT2D eigenvalue weighted by Gasteiger charge is -2.38. The standard InChI is InChI=1S/C19H19NO3/c1-12-10-13-11-14(22-3)8-9-15(13)19(23-12)16-6-4-5-7-17(16)20(2)18(19)21/h4-9,11-12H,10H2,1-3H3/t12-,19-/m1/s1. The average Bonchev–Trinajstić information content (AvgIpc) is 2.77. The quantitative estimate of drug-likeness (QED) is 0.813. The summed E-state index contributed by atoms with van der Waals surface area (Å²) in [6.07, 6.45) is 0.728. The SMILES string of the molecule is COc1ccc2c(c1)C[C@@H](C)O[C@]21C(=O)N(C)c2ccccc21. The molecule has 4 nitrogen and oxygen atoms in total. The first-order chi connectivity index (χ1) is 11.1. The first-order valence-electron chi connectivity index (χ1n) is 7.81. The molecule has 0 bridgehead atoms. The Hall–Kier alpha value is -2.33. The fourth-order valence-electron chi connectivity index (χ4n) is 3.82. The summed E-state index contributed by atoms with van der Waals surface area (Å²) in [4.78, 5) is 14.9. The molecule has 4 heteroatoms. The zero-order valence-corrected chi connectivity index (χ0v) is 13.5. The predicted molar refractivity (Wildman–Crippen MR) is 87.9 cm³/mol. The smallest absolute Gasteiger partial charge is 0.268 e. The number of hydrogen-bond donors (Lipinski definition) is 0. The minimum atomic E-state index is -1.04. The van der Waals surface area contributed by atoms with Gasteiger partial charge in [-0.05, 0) is 37.1 Å². The van der Waals surface area contributed by atoms with Crippen molar-refractivity contribution < 1.29 is 14.3 Å². The fourth-order valence-corrected chi connectivity index (χ4v) is 3.82. The number of hydrogen-bond acceptors (Lipinski definition) is 3. The summed E-state index contributed by atoms with van der Waals surface area (Å²) < 4.78 is 11.7. The third kappa shape index (κ3) is 1.78. The molecular formula is C19H19NO3. The number of carbonyl (C=O) groups excluding carboxylic acids is 1. The number of methoxy groups -OCH3 is 1. The first-order valence-corrected chi connectivity index (χ1v) is 7.81. The molecule has 0 saturated heterocycles. The Labute approximate surface area is 135 Å². The van der Waals surface area contributed by atoms with Gasteiger partial charge in [-0.1, -0.05) is 24.3 Å². The number of nitrogens with zero attached hydrogens (tertiary/aromatic N) is 1. The lowest BCUT2D eigenvalue weighted by molar-refractivity contribution is -0.146. The summed E-state index contributed by atoms with van der Waals surface area (Å²) in [5.41, 5.74) is 2.84. The molecule has 2 heterocycles. The van der Waals surface area contributed by atoms with E-state index in [1.165, 1.54) is 0 Å². The summed E-state index contributed by atoms with van der Waals surface area (Å²) in [5.74, 6) is 0.775. The van der Waals surface area contributed by atoms with Crippen LogP contribution in [0.2, 0.25) is 0 Å². The maximum Gasteiger partial charge on any atom is 0.268 e. The van der Waals surface area contributed by atoms with E-state index in [4.69, 9.17) is 9.47 Å². The number of anilines is 1. The molecule has 0 saturated carbocycles. The number of fused-ring (bicyclic) bond motifs is 4. The van der Waals surface area contributed by atoms with E-state index in [-0.39, 0.29) is 12.0 Å². The summed E-state index contributed by atoms with van der Waals surface area (Å²) >= 11 is 0. The lowest BCUT2D eigenvalue weighted by atomic mass is 9.80. The van der Waals surface area contributed by atoms with Crippen molar-refractivity contribution in [1.29, 1.82) is 0 Å². The van der Waals surface area contributed by atoms with Crippen molar-refractivity contribution in [2.75, 3.05) is 19.1 Å². The van der Waals surface area contributed by atoms with E-state index in [0.717, 1.165) is 34.5 Å². The van der Waals surface area contributed by atoms with E-state index < -0.39 is 5.60 Å². The van der Waals surface area contributed by atoms with Gasteiger partial charge >= 0.3 is 0 Å². The summed E-state index contributed by atoms with van der Waals surface area (Å²) in [5, 5.41) is 0. The second-order valence-corrected chi connectivity index (χ2v) is 6.22. The number of carbonyl (C=O) groups is 1. The van der Waals surface area contributed by atoms with Crippen molar-refractivity contribution in [3.63, 3.8) is 0 Å². The molecule has 2 atom stereocenters. The molecule has 0 fully saturated rings. The molecule has 0 unspecified atom stereocenters. The van der Waals surface area contributed by atoms with Gasteiger partial charge in [0.05, 0.1) is 18.9 Å². The van der Waals surface area contributed by atoms with Gasteiger partial charge < -0.3 is 14.4 Å². The van der Waals surface area contributed by atoms with Gasteiger partial charge in [0.15, 0.2) is 5.60 Å². The van der Waals surface area contributed by atoms with Crippen LogP contribution in [0.25, 0.3) is 0 Å². The van der Waals surface area contributed by atoms with E-state index in [1.807, 2.05) is 56.4 Å². The van der Waals surface area contributed by atoms with Crippen LogP contribution in [-0.4, -0.2) is 26.2 Å². The number of rotatable bonds is 1. The van der Waals surface area contributed by atoms with Crippen LogP contribution < -0.4 is 9.64 Å². The van der Waals surface area contributed by atoms with E-state index in [1.54, 1.807) is 12.0 Å². The zero-order valence-electron chi connectivity index (χ0n) is 13.5. The topological polar surface area (TPSA) is 38.8 Å². The van der Waals surface area contributed by atoms with Gasteiger partial charge in [0.1, 0.15) is 5.75 Å². The Balaban J connectivity index is 2.01. The van der Waals surface area contributed by atoms with Crippen LogP contribution in [0.5, 0.6) is 5.75 Å². The highest BCUT2D eigenvalue weighted by Gasteiger charge is 2.55. The Morgan fingerprint density at radius 2 is 2.00 bits per heavy atom. The van der Waals surface area contributed by atoms with Crippen LogP contribution >= 0.6 is 0 Å². The molecule has 118 valence electrons. The molecule has 0 N–H and O–H groups in total. The molecule has 2 aliphatic heterocycles. The lowest BCUT2D eigenvalue weighted by Crippen LogP contribution is -2.47. The van der Waals surface area contributed by atoms with Gasteiger partial charge in [0, 0.05) is 18.2 Å². The van der Waals surface area contributed by atoms with Gasteiger partial charge in [0.25, 0.3) is 5.91 Å². The van der Waals surface area contributed by atoms with Crippen molar-refractivity contribution in [3.8, 4) is 5.75 Å². The number of para-hydroxylation sites is 1. The molecule has 2 aromatic carbocycles. The maximum absolute atomic E-state index is 13.2. The molecule has 23 heavy (non-hydrogen) atoms. The summed E-state index contributed by atoms with van der Waals surface area (Å²) in [6, 6.07) is 13.7. The predicted octanol–water partition coefficient (Wildman–Crippen LogP) is 2.88. The molecule has 1 spiro atoms. The van der Waals surface area contributed by atoms with Crippen LogP contribution in [0.15, 0.2) is 42.5 Å². The molecular weight excluding hydrogens is 290 g/mol. The second kappa shape index (κ2) is 4.83. The number of benzene rings is 2. The van der Waals surface area contributed by atoms with Gasteiger partial charge in [0.2, 0.25) is 0 Å². The van der Waals surface area contributed by atoms with Crippen molar-refractivity contribution in [2.45, 2.75) is 25.0 Å². The molecule has 2 aromatic rings. The molecule has 0 aliphatic carbocycles. The van der Waals surface area contributed by atoms with Crippen molar-refractivity contribution >= 4 is 11.6 Å². The molecule has 1 amide bonds. The van der Waals surface area contributed by atoms with Crippen molar-refractivity contribution in [3.05, 3.63) is 59.2 Å². The minimum absolute atomic E-state index is 0.0309. The number of ether oxygens (including phenoxy) is 2. The summed E-state index contributed by atoms with van der Waals surface area (Å²) in [7, 11) is 3.46. The van der Waals surface area contributed by atoms with E-state index in [2.05, 4.69) is 0 Å². The molecule has 0 radical (unpaired) electrons. The highest BCUT2D eigenvalue weighted by molar-refractivity contribution is 6.09. The first kappa shape index (κ1) is 14.3. The highest BCUT2D eigenvalue weighted by Crippen LogP contribution is 2.50. The molecule has 0 aromatic heterocycles. The number of amides is 1. The van der Waals surface area contributed by atoms with Gasteiger partial charge in [-0.3, -0.25) is 4.79 Å². The summed E-state index contributed by atoms with van der Waals surface area (Å²) in [6.45, 7) is 2.01. The van der Waals surface area contributed by atoms with E-state index in [0.29, 0.717) is 0 Å². The van der Waals surface area contributed by atoms with Gasteiger partial charge in [-0.25, -0.2) is 0 Å². The fraction of sp³-hybridized carbons (Fsp3) is 0.316. The monoisotopic (exact) mass is 309 g/mol. The average molecular weight is 309 g/mol. The third-order valence-corrected chi connectivity index (χ3v) is 4.83. The Morgan fingerprint density at radius 1 is 1.22 bits per heavy atom.